The summed E-state index contributed by atoms with van der Waals surface area (Å²) in [6.45, 7) is -9.24. The number of imidazole rings is 1. The van der Waals surface area contributed by atoms with Crippen molar-refractivity contribution >= 4 is 72.1 Å². The lowest BCUT2D eigenvalue weighted by molar-refractivity contribution is -0.0528. The molecule has 3 aromatic rings. The number of aliphatic hydroxyl groups excluding tert-OH is 1. The molecule has 2 aliphatic heterocycles. The van der Waals surface area contributed by atoms with E-state index in [1.54, 1.807) is 0 Å². The standard InChI is InChI=1S/C21H27FN10O9P2S2/c1-36-18(25)10-16(23)26-4-28-19(10)31-7-2-8-13(33)14(7)40-42(34,44)37-3-9-15(41-43(35,45)39-8)11(22)21(38-9)32-6-30-12-17(24)27-5-29-20(12)32/h4-9,11,13-15,21,25,33H,2-3H2,1H3,(H,34,44)(H,35,45)(H2,24,27,29)(H3,23,26,28,31)/t7-,8+,9-,11-,13-,14+,15-,21-,42?,43?/m1/s1. The largest absolute Gasteiger partial charge is 0.481 e. The minimum Gasteiger partial charge on any atom is -0.481 e. The molecular formula is C21H27FN10O9P2S2. The molecule has 1 aliphatic carbocycles. The van der Waals surface area contributed by atoms with E-state index in [1.165, 1.54) is 24.3 Å². The molecule has 0 amide bonds. The lowest BCUT2D eigenvalue weighted by Gasteiger charge is -2.30. The Morgan fingerprint density at radius 1 is 1.18 bits per heavy atom. The summed E-state index contributed by atoms with van der Waals surface area (Å²) in [5.41, 5.74) is 12.1. The number of nitrogens with two attached hydrogens (primary N) is 2. The number of nitrogens with one attached hydrogen (secondary N) is 2. The topological polar surface area (TPSA) is 270 Å². The van der Waals surface area contributed by atoms with Crippen LogP contribution in [0, 0.1) is 5.41 Å². The Hall–Kier alpha value is -2.62. The molecule has 2 bridgehead atoms. The molecule has 3 fully saturated rings. The summed E-state index contributed by atoms with van der Waals surface area (Å²) in [5.74, 6) is -0.365. The average Bonchev–Trinajstić information content (AvgIpc) is 3.62. The molecule has 3 aliphatic rings. The zero-order valence-electron chi connectivity index (χ0n) is 23.0. The van der Waals surface area contributed by atoms with Crippen LogP contribution < -0.4 is 16.8 Å². The molecule has 3 aromatic heterocycles. The number of halogens is 1. The number of rotatable bonds is 4. The van der Waals surface area contributed by atoms with Crippen molar-refractivity contribution in [1.29, 1.82) is 5.41 Å². The molecule has 2 saturated heterocycles. The first-order valence-electron chi connectivity index (χ1n) is 13.0. The van der Waals surface area contributed by atoms with Gasteiger partial charge in [0.15, 0.2) is 23.9 Å². The first-order chi connectivity index (χ1) is 21.3. The summed E-state index contributed by atoms with van der Waals surface area (Å²) in [6.07, 6.45) is -7.18. The summed E-state index contributed by atoms with van der Waals surface area (Å²) in [7, 11) is 1.25. The van der Waals surface area contributed by atoms with Crippen molar-refractivity contribution in [1.82, 2.24) is 29.5 Å². The van der Waals surface area contributed by atoms with Crippen LogP contribution in [0.3, 0.4) is 0 Å². The number of fused-ring (bicyclic) bond motifs is 4. The number of aromatic nitrogens is 6. The highest BCUT2D eigenvalue weighted by atomic mass is 32.7. The van der Waals surface area contributed by atoms with Crippen LogP contribution in [0.4, 0.5) is 21.8 Å². The molecular weight excluding hydrogens is 681 g/mol. The maximum atomic E-state index is 16.1. The van der Waals surface area contributed by atoms with Gasteiger partial charge in [0, 0.05) is 0 Å². The van der Waals surface area contributed by atoms with Crippen LogP contribution in [0.25, 0.3) is 11.2 Å². The van der Waals surface area contributed by atoms with E-state index in [9.17, 15) is 14.6 Å². The van der Waals surface area contributed by atoms with Gasteiger partial charge in [0.2, 0.25) is 5.90 Å². The number of hydrogen-bond donors (Lipinski definition) is 7. The lowest BCUT2D eigenvalue weighted by Crippen LogP contribution is -2.39. The van der Waals surface area contributed by atoms with Crippen molar-refractivity contribution in [3.05, 3.63) is 24.5 Å². The summed E-state index contributed by atoms with van der Waals surface area (Å²) < 4.78 is 64.1. The average molecular weight is 709 g/mol. The van der Waals surface area contributed by atoms with Crippen molar-refractivity contribution in [2.45, 2.75) is 55.4 Å². The summed E-state index contributed by atoms with van der Waals surface area (Å²) in [6, 6.07) is -0.958. The Balaban J connectivity index is 1.29. The Labute approximate surface area is 263 Å². The monoisotopic (exact) mass is 708 g/mol. The van der Waals surface area contributed by atoms with E-state index in [0.717, 1.165) is 6.33 Å². The van der Waals surface area contributed by atoms with Crippen molar-refractivity contribution in [2.75, 3.05) is 30.5 Å². The normalized spacial score (nSPS) is 37.0. The van der Waals surface area contributed by atoms with Crippen molar-refractivity contribution in [2.24, 2.45) is 0 Å². The molecule has 19 nitrogen and oxygen atoms in total. The van der Waals surface area contributed by atoms with Crippen molar-refractivity contribution < 1.29 is 46.5 Å². The van der Waals surface area contributed by atoms with E-state index >= 15 is 4.39 Å². The van der Waals surface area contributed by atoms with E-state index < -0.39 is 69.1 Å². The number of hydrogen-bond acceptors (Lipinski definition) is 18. The van der Waals surface area contributed by atoms with E-state index in [-0.39, 0.29) is 46.5 Å². The second kappa shape index (κ2) is 12.2. The van der Waals surface area contributed by atoms with Gasteiger partial charge in [-0.15, -0.1) is 0 Å². The highest BCUT2D eigenvalue weighted by molar-refractivity contribution is 8.44. The SMILES string of the molecule is COC(=N)c1c(N)ncnc1N[C@@H]1C[C@@H]2OP(O)(=S)O[C@H]3[C@@H](F)[C@H](n4cnc5c(N)ncnc54)O[C@@H]3COP(=O)(S)O[C@@H]1[C@@H]2O. The predicted molar refractivity (Wildman–Crippen MR) is 161 cm³/mol. The second-order valence-electron chi connectivity index (χ2n) is 10.1. The summed E-state index contributed by atoms with van der Waals surface area (Å²) in [4.78, 5) is 31.1. The molecule has 45 heavy (non-hydrogen) atoms. The molecule has 6 rings (SSSR count). The van der Waals surface area contributed by atoms with Crippen LogP contribution in [0.1, 0.15) is 18.2 Å². The Bertz CT molecular complexity index is 1730. The molecule has 10 atom stereocenters. The van der Waals surface area contributed by atoms with Gasteiger partial charge >= 0.3 is 13.5 Å². The smallest absolute Gasteiger partial charge is 0.386 e. The molecule has 5 heterocycles. The van der Waals surface area contributed by atoms with Gasteiger partial charge in [-0.3, -0.25) is 23.5 Å². The Kier molecular flexibility index (Phi) is 8.76. The number of aliphatic hydroxyl groups is 1. The van der Waals surface area contributed by atoms with Crippen molar-refractivity contribution in [3.63, 3.8) is 0 Å². The van der Waals surface area contributed by atoms with Gasteiger partial charge in [-0.25, -0.2) is 33.9 Å². The molecule has 2 unspecified atom stereocenters. The first kappa shape index (κ1) is 32.3. The number of anilines is 3. The molecule has 0 aromatic carbocycles. The minimum atomic E-state index is -4.32. The van der Waals surface area contributed by atoms with Crippen molar-refractivity contribution in [3.8, 4) is 0 Å². The summed E-state index contributed by atoms with van der Waals surface area (Å²) in [5, 5.41) is 22.2. The number of ether oxygens (including phenoxy) is 2. The number of nitrogens with zero attached hydrogens (tertiary/aromatic N) is 6. The number of methoxy groups -OCH3 is 1. The fourth-order valence-electron chi connectivity index (χ4n) is 5.30. The fraction of sp³-hybridized carbons (Fsp3) is 0.524. The van der Waals surface area contributed by atoms with Gasteiger partial charge in [-0.05, 0) is 18.2 Å². The van der Waals surface area contributed by atoms with Gasteiger partial charge in [0.1, 0.15) is 59.8 Å². The zero-order chi connectivity index (χ0) is 32.3. The highest BCUT2D eigenvalue weighted by Crippen LogP contribution is 2.59. The number of nitrogen functional groups attached to an aromatic ring is 2. The molecule has 0 spiro atoms. The first-order valence-corrected chi connectivity index (χ1v) is 18.3. The van der Waals surface area contributed by atoms with Crippen LogP contribution in [-0.2, 0) is 43.9 Å². The van der Waals surface area contributed by atoms with E-state index in [0.29, 0.717) is 0 Å². The van der Waals surface area contributed by atoms with Crippen LogP contribution in [0.15, 0.2) is 19.0 Å². The Morgan fingerprint density at radius 2 is 1.91 bits per heavy atom. The lowest BCUT2D eigenvalue weighted by atomic mass is 10.1. The van der Waals surface area contributed by atoms with Gasteiger partial charge in [0.05, 0.1) is 32.2 Å². The van der Waals surface area contributed by atoms with Gasteiger partial charge in [0.25, 0.3) is 0 Å². The maximum absolute atomic E-state index is 16.1. The third-order valence-corrected chi connectivity index (χ3v) is 10.5. The van der Waals surface area contributed by atoms with Gasteiger partial charge in [-0.1, -0.05) is 12.2 Å². The number of alkyl halides is 1. The molecule has 1 saturated carbocycles. The van der Waals surface area contributed by atoms with Crippen LogP contribution in [0.5, 0.6) is 0 Å². The van der Waals surface area contributed by atoms with Crippen LogP contribution >= 0.6 is 25.8 Å². The molecule has 244 valence electrons. The highest BCUT2D eigenvalue weighted by Gasteiger charge is 2.54. The van der Waals surface area contributed by atoms with Crippen LogP contribution in [0.2, 0.25) is 0 Å². The van der Waals surface area contributed by atoms with Gasteiger partial charge < -0.3 is 40.8 Å². The molecule has 8 N–H and O–H groups in total. The van der Waals surface area contributed by atoms with E-state index in [1.807, 2.05) is 0 Å². The summed E-state index contributed by atoms with van der Waals surface area (Å²) >= 11 is 9.29. The zero-order valence-corrected chi connectivity index (χ0v) is 26.5. The third kappa shape index (κ3) is 6.24. The van der Waals surface area contributed by atoms with E-state index in [4.69, 9.17) is 56.3 Å². The number of thiol groups is 1. The quantitative estimate of drug-likeness (QED) is 0.0849. The second-order valence-corrected chi connectivity index (χ2v) is 15.7. The van der Waals surface area contributed by atoms with Gasteiger partial charge in [-0.2, -0.15) is 0 Å². The minimum absolute atomic E-state index is 0.00442. The van der Waals surface area contributed by atoms with Crippen LogP contribution in [-0.4, -0.2) is 102 Å². The molecule has 0 radical (unpaired) electrons. The predicted octanol–water partition coefficient (Wildman–Crippen LogP) is 0.674. The maximum Gasteiger partial charge on any atom is 0.386 e. The molecule has 24 heteroatoms. The third-order valence-electron chi connectivity index (χ3n) is 7.34. The fourth-order valence-corrected chi connectivity index (χ4v) is 8.60. The van der Waals surface area contributed by atoms with E-state index in [2.05, 4.69) is 42.5 Å². The Morgan fingerprint density at radius 3 is 2.67 bits per heavy atom.